The lowest BCUT2D eigenvalue weighted by Crippen LogP contribution is -2.30. The first-order chi connectivity index (χ1) is 9.13. The number of phenols is 1. The summed E-state index contributed by atoms with van der Waals surface area (Å²) in [6.45, 7) is 2.24. The molecule has 2 aromatic rings. The second-order valence-corrected chi connectivity index (χ2v) is 3.96. The highest BCUT2D eigenvalue weighted by Crippen LogP contribution is 2.24. The van der Waals surface area contributed by atoms with Crippen molar-refractivity contribution in [2.45, 2.75) is 6.92 Å². The van der Waals surface area contributed by atoms with Gasteiger partial charge in [0.25, 0.3) is 5.91 Å². The molecule has 0 atom stereocenters. The Morgan fingerprint density at radius 2 is 2.11 bits per heavy atom. The zero-order valence-electron chi connectivity index (χ0n) is 10.4. The lowest BCUT2D eigenvalue weighted by Gasteiger charge is -2.21. The van der Waals surface area contributed by atoms with E-state index in [0.29, 0.717) is 12.2 Å². The van der Waals surface area contributed by atoms with Crippen LogP contribution in [0.15, 0.2) is 42.7 Å². The molecule has 0 fully saturated rings. The van der Waals surface area contributed by atoms with Crippen LogP contribution in [0.4, 0.5) is 5.69 Å². The van der Waals surface area contributed by atoms with Gasteiger partial charge < -0.3 is 15.1 Å². The van der Waals surface area contributed by atoms with Crippen LogP contribution >= 0.6 is 0 Å². The number of hydrogen-bond acceptors (Lipinski definition) is 4. The fraction of sp³-hybridized carbons (Fsp3) is 0.143. The zero-order valence-corrected chi connectivity index (χ0v) is 10.4. The van der Waals surface area contributed by atoms with E-state index >= 15 is 0 Å². The van der Waals surface area contributed by atoms with E-state index in [0.717, 1.165) is 0 Å². The Hall–Kier alpha value is -2.56. The van der Waals surface area contributed by atoms with Gasteiger partial charge in [0.1, 0.15) is 11.5 Å². The summed E-state index contributed by atoms with van der Waals surface area (Å²) in [5.74, 6) is -0.415. The number of rotatable bonds is 3. The average molecular weight is 258 g/mol. The van der Waals surface area contributed by atoms with E-state index in [1.807, 2.05) is 6.92 Å². The highest BCUT2D eigenvalue weighted by molar-refractivity contribution is 6.07. The molecule has 0 unspecified atom stereocenters. The maximum atomic E-state index is 12.4. The van der Waals surface area contributed by atoms with Gasteiger partial charge in [-0.25, -0.2) is 0 Å². The Balaban J connectivity index is 2.38. The molecule has 0 aliphatic heterocycles. The second-order valence-electron chi connectivity index (χ2n) is 3.96. The lowest BCUT2D eigenvalue weighted by atomic mass is 10.2. The van der Waals surface area contributed by atoms with E-state index in [1.165, 1.54) is 35.5 Å². The van der Waals surface area contributed by atoms with Gasteiger partial charge in [-0.05, 0) is 25.1 Å². The molecule has 19 heavy (non-hydrogen) atoms. The van der Waals surface area contributed by atoms with Gasteiger partial charge in [-0.15, -0.1) is 0 Å². The number of aromatic hydroxyl groups is 2. The first kappa shape index (κ1) is 12.9. The number of pyridine rings is 1. The van der Waals surface area contributed by atoms with Crippen molar-refractivity contribution < 1.29 is 15.0 Å². The molecule has 98 valence electrons. The molecule has 1 aromatic heterocycles. The molecule has 2 rings (SSSR count). The number of carbonyl (C=O) groups excluding carboxylic acids is 1. The minimum atomic E-state index is -0.340. The molecule has 0 bridgehead atoms. The zero-order chi connectivity index (χ0) is 13.8. The van der Waals surface area contributed by atoms with E-state index < -0.39 is 0 Å². The van der Waals surface area contributed by atoms with Crippen LogP contribution in [-0.4, -0.2) is 27.6 Å². The van der Waals surface area contributed by atoms with E-state index in [1.54, 1.807) is 12.1 Å². The van der Waals surface area contributed by atoms with Gasteiger partial charge in [0, 0.05) is 24.5 Å². The molecule has 1 aromatic carbocycles. The molecule has 1 heterocycles. The van der Waals surface area contributed by atoms with Gasteiger partial charge in [0.2, 0.25) is 0 Å². The molecule has 0 spiro atoms. The fourth-order valence-corrected chi connectivity index (χ4v) is 1.82. The minimum Gasteiger partial charge on any atom is -0.508 e. The van der Waals surface area contributed by atoms with Crippen molar-refractivity contribution in [1.82, 2.24) is 4.98 Å². The Morgan fingerprint density at radius 1 is 1.32 bits per heavy atom. The molecular weight excluding hydrogens is 244 g/mol. The van der Waals surface area contributed by atoms with Gasteiger partial charge in [-0.2, -0.15) is 0 Å². The van der Waals surface area contributed by atoms with Crippen molar-refractivity contribution in [3.05, 3.63) is 48.3 Å². The van der Waals surface area contributed by atoms with Gasteiger partial charge in [0.15, 0.2) is 0 Å². The van der Waals surface area contributed by atoms with Crippen molar-refractivity contribution in [2.24, 2.45) is 0 Å². The van der Waals surface area contributed by atoms with Crippen LogP contribution in [-0.2, 0) is 0 Å². The number of nitrogens with zero attached hydrogens (tertiary/aromatic N) is 2. The first-order valence-electron chi connectivity index (χ1n) is 5.87. The normalized spacial score (nSPS) is 10.2. The number of anilines is 1. The molecule has 5 nitrogen and oxygen atoms in total. The molecule has 0 radical (unpaired) electrons. The molecule has 2 N–H and O–H groups in total. The number of carbonyl (C=O) groups is 1. The third-order valence-electron chi connectivity index (χ3n) is 2.73. The predicted molar refractivity (Wildman–Crippen MR) is 71.4 cm³/mol. The third kappa shape index (κ3) is 2.65. The van der Waals surface area contributed by atoms with Gasteiger partial charge in [-0.3, -0.25) is 9.78 Å². The van der Waals surface area contributed by atoms with Crippen LogP contribution in [0.25, 0.3) is 0 Å². The number of amides is 1. The van der Waals surface area contributed by atoms with Crippen molar-refractivity contribution in [2.75, 3.05) is 11.4 Å². The van der Waals surface area contributed by atoms with Crippen LogP contribution < -0.4 is 4.90 Å². The second kappa shape index (κ2) is 5.39. The summed E-state index contributed by atoms with van der Waals surface area (Å²) in [7, 11) is 0. The number of benzene rings is 1. The highest BCUT2D eigenvalue weighted by Gasteiger charge is 2.19. The molecular formula is C14H14N2O3. The summed E-state index contributed by atoms with van der Waals surface area (Å²) in [4.78, 5) is 17.6. The Labute approximate surface area is 110 Å². The number of hydrogen-bond donors (Lipinski definition) is 2. The van der Waals surface area contributed by atoms with Crippen LogP contribution in [0.1, 0.15) is 17.3 Å². The summed E-state index contributed by atoms with van der Waals surface area (Å²) in [5.41, 5.74) is 0.754. The van der Waals surface area contributed by atoms with E-state index in [9.17, 15) is 15.0 Å². The van der Waals surface area contributed by atoms with Crippen molar-refractivity contribution in [1.29, 1.82) is 0 Å². The summed E-state index contributed by atoms with van der Waals surface area (Å²) >= 11 is 0. The Morgan fingerprint density at radius 3 is 2.74 bits per heavy atom. The van der Waals surface area contributed by atoms with Crippen LogP contribution in [0.2, 0.25) is 0 Å². The van der Waals surface area contributed by atoms with Crippen molar-refractivity contribution in [3.8, 4) is 11.5 Å². The monoisotopic (exact) mass is 258 g/mol. The van der Waals surface area contributed by atoms with E-state index in [2.05, 4.69) is 4.98 Å². The largest absolute Gasteiger partial charge is 0.508 e. The van der Waals surface area contributed by atoms with Gasteiger partial charge >= 0.3 is 0 Å². The maximum Gasteiger partial charge on any atom is 0.262 e. The molecule has 0 aliphatic rings. The predicted octanol–water partition coefficient (Wildman–Crippen LogP) is 2.16. The molecule has 5 heteroatoms. The number of aromatic nitrogens is 1. The average Bonchev–Trinajstić information content (AvgIpc) is 2.40. The van der Waals surface area contributed by atoms with Gasteiger partial charge in [0.05, 0.1) is 11.8 Å². The molecule has 1 amide bonds. The van der Waals surface area contributed by atoms with Crippen LogP contribution in [0.3, 0.4) is 0 Å². The van der Waals surface area contributed by atoms with E-state index in [4.69, 9.17) is 0 Å². The van der Waals surface area contributed by atoms with E-state index in [-0.39, 0.29) is 23.0 Å². The first-order valence-corrected chi connectivity index (χ1v) is 5.87. The standard InChI is InChI=1S/C14H14N2O3/c1-2-16(10-4-3-5-11(17)8-10)14(19)12-6-7-15-9-13(12)18/h3-9,17-18H,2H2,1H3. The lowest BCUT2D eigenvalue weighted by molar-refractivity contribution is 0.0985. The minimum absolute atomic E-state index is 0.0858. The third-order valence-corrected chi connectivity index (χ3v) is 2.73. The van der Waals surface area contributed by atoms with Crippen molar-refractivity contribution >= 4 is 11.6 Å². The highest BCUT2D eigenvalue weighted by atomic mass is 16.3. The van der Waals surface area contributed by atoms with Crippen LogP contribution in [0, 0.1) is 0 Å². The quantitative estimate of drug-likeness (QED) is 0.884. The fourth-order valence-electron chi connectivity index (χ4n) is 1.82. The topological polar surface area (TPSA) is 73.7 Å². The maximum absolute atomic E-state index is 12.4. The molecule has 0 saturated carbocycles. The Kier molecular flexibility index (Phi) is 3.66. The molecule has 0 saturated heterocycles. The summed E-state index contributed by atoms with van der Waals surface area (Å²) < 4.78 is 0. The summed E-state index contributed by atoms with van der Waals surface area (Å²) in [6.07, 6.45) is 2.67. The summed E-state index contributed by atoms with van der Waals surface area (Å²) in [6, 6.07) is 7.88. The Bertz CT molecular complexity index is 599. The van der Waals surface area contributed by atoms with Crippen LogP contribution in [0.5, 0.6) is 11.5 Å². The summed E-state index contributed by atoms with van der Waals surface area (Å²) in [5, 5.41) is 19.1. The SMILES string of the molecule is CCN(C(=O)c1ccncc1O)c1cccc(O)c1. The van der Waals surface area contributed by atoms with Gasteiger partial charge in [-0.1, -0.05) is 6.07 Å². The molecule has 0 aliphatic carbocycles. The number of phenolic OH excluding ortho intramolecular Hbond substituents is 1. The van der Waals surface area contributed by atoms with Crippen molar-refractivity contribution in [3.63, 3.8) is 0 Å². The smallest absolute Gasteiger partial charge is 0.262 e.